The third-order valence-corrected chi connectivity index (χ3v) is 9.16. The molecule has 56 heavy (non-hydrogen) atoms. The number of unbranched alkanes of at least 4 members (excludes halogenated alkanes) is 1. The summed E-state index contributed by atoms with van der Waals surface area (Å²) in [5, 5.41) is 0. The average Bonchev–Trinajstić information content (AvgIpc) is 3.10. The van der Waals surface area contributed by atoms with E-state index in [1.807, 2.05) is 58.0 Å². The Morgan fingerprint density at radius 3 is 2.00 bits per heavy atom. The maximum absolute atomic E-state index is 15.2. The quantitative estimate of drug-likeness (QED) is 0.0496. The summed E-state index contributed by atoms with van der Waals surface area (Å²) in [7, 11) is 0. The molecule has 0 bridgehead atoms. The van der Waals surface area contributed by atoms with E-state index < -0.39 is 70.6 Å². The average molecular weight is 788 g/mol. The fourth-order valence-corrected chi connectivity index (χ4v) is 6.90. The highest BCUT2D eigenvalue weighted by Crippen LogP contribution is 2.45. The maximum atomic E-state index is 15.2. The Bertz CT molecular complexity index is 1420. The van der Waals surface area contributed by atoms with E-state index in [0.29, 0.717) is 19.4 Å². The molecular formula is C42H69N5O9. The van der Waals surface area contributed by atoms with Gasteiger partial charge in [-0.1, -0.05) is 70.2 Å². The van der Waals surface area contributed by atoms with Crippen molar-refractivity contribution in [2.75, 3.05) is 13.2 Å². The van der Waals surface area contributed by atoms with Gasteiger partial charge in [-0.2, -0.15) is 0 Å². The van der Waals surface area contributed by atoms with Crippen molar-refractivity contribution in [3.05, 3.63) is 42.0 Å². The molecule has 4 amide bonds. The zero-order chi connectivity index (χ0) is 42.3. The Hall–Kier alpha value is -3.85. The summed E-state index contributed by atoms with van der Waals surface area (Å²) in [4.78, 5) is 76.4. The standard InChI is InChI=1S/C42H69N5O9/c1-28(2)26-31(36(49)45-44)34(37(50)46-56-33-21-15-17-25-53-33)42(27-29(3)4,23-22-30-18-12-11-13-19-30)35(48)32(43)20-14-16-24-47(38(51)54-40(5,6)7)39(52)55-41(8,9)10/h11-13,18-19,22-23,28-29,31-34H,14-17,20-21,24-27,43-44H2,1-10H3,(H,45,49)(H,46,50)/t31-,32-,33?,34-,42?/m1/s1. The SMILES string of the molecule is CC(C)C[C@@H](C(=O)NN)[C@H](C(=O)NOC1CCCCO1)C(C=Cc1ccccc1)(CC(C)C)C(=O)[C@H](N)CCCCN(C(=O)OC(C)(C)C)C(=O)OC(C)(C)C. The molecule has 0 aromatic heterocycles. The van der Waals surface area contributed by atoms with Gasteiger partial charge in [-0.05, 0) is 104 Å². The van der Waals surface area contributed by atoms with Crippen LogP contribution in [0.5, 0.6) is 0 Å². The first-order valence-corrected chi connectivity index (χ1v) is 20.0. The highest BCUT2D eigenvalue weighted by molar-refractivity contribution is 5.99. The molecule has 14 nitrogen and oxygen atoms in total. The molecule has 316 valence electrons. The van der Waals surface area contributed by atoms with Crippen LogP contribution < -0.4 is 22.5 Å². The second-order valence-corrected chi connectivity index (χ2v) is 17.6. The first-order chi connectivity index (χ1) is 26.1. The number of hydroxylamine groups is 1. The molecule has 5 atom stereocenters. The number of nitrogens with zero attached hydrogens (tertiary/aromatic N) is 1. The number of carbonyl (C=O) groups is 5. The summed E-state index contributed by atoms with van der Waals surface area (Å²) in [6, 6.07) is 8.24. The molecule has 0 aliphatic carbocycles. The number of ketones is 1. The number of Topliss-reactive ketones (excluding diaryl/α,β-unsaturated/α-hetero) is 1. The van der Waals surface area contributed by atoms with Crippen molar-refractivity contribution < 1.29 is 43.0 Å². The molecular weight excluding hydrogens is 718 g/mol. The van der Waals surface area contributed by atoms with Crippen LogP contribution in [0.25, 0.3) is 6.08 Å². The molecule has 1 aromatic rings. The third-order valence-electron chi connectivity index (χ3n) is 9.16. The lowest BCUT2D eigenvalue weighted by Crippen LogP contribution is -2.57. The van der Waals surface area contributed by atoms with Crippen molar-refractivity contribution in [3.63, 3.8) is 0 Å². The summed E-state index contributed by atoms with van der Waals surface area (Å²) in [6.45, 7) is 18.4. The molecule has 14 heteroatoms. The Balaban J connectivity index is 2.61. The predicted octanol–water partition coefficient (Wildman–Crippen LogP) is 6.81. The lowest BCUT2D eigenvalue weighted by atomic mass is 9.59. The summed E-state index contributed by atoms with van der Waals surface area (Å²) in [6.07, 6.45) is 4.56. The molecule has 0 spiro atoms. The van der Waals surface area contributed by atoms with Crippen molar-refractivity contribution in [2.45, 2.75) is 144 Å². The van der Waals surface area contributed by atoms with E-state index >= 15 is 4.79 Å². The van der Waals surface area contributed by atoms with E-state index in [0.717, 1.165) is 23.3 Å². The topological polar surface area (TPSA) is 202 Å². The van der Waals surface area contributed by atoms with Crippen LogP contribution in [0.1, 0.15) is 126 Å². The van der Waals surface area contributed by atoms with Gasteiger partial charge in [0.25, 0.3) is 0 Å². The molecule has 1 aromatic carbocycles. The number of carbonyl (C=O) groups excluding carboxylic acids is 5. The molecule has 1 aliphatic rings. The Morgan fingerprint density at radius 2 is 1.50 bits per heavy atom. The number of hydrazine groups is 1. The van der Waals surface area contributed by atoms with Crippen molar-refractivity contribution in [1.82, 2.24) is 15.8 Å². The molecule has 6 N–H and O–H groups in total. The van der Waals surface area contributed by atoms with Gasteiger partial charge in [-0.25, -0.2) is 30.6 Å². The lowest BCUT2D eigenvalue weighted by Gasteiger charge is -2.43. The number of hydrogen-bond donors (Lipinski definition) is 4. The van der Waals surface area contributed by atoms with E-state index in [2.05, 4.69) is 10.9 Å². The van der Waals surface area contributed by atoms with Crippen LogP contribution in [0, 0.1) is 29.1 Å². The zero-order valence-corrected chi connectivity index (χ0v) is 35.4. The third kappa shape index (κ3) is 16.0. The number of allylic oxidation sites excluding steroid dienone is 1. The highest BCUT2D eigenvalue weighted by Gasteiger charge is 2.54. The van der Waals surface area contributed by atoms with E-state index in [1.165, 1.54) is 0 Å². The van der Waals surface area contributed by atoms with Gasteiger partial charge >= 0.3 is 12.2 Å². The summed E-state index contributed by atoms with van der Waals surface area (Å²) >= 11 is 0. The van der Waals surface area contributed by atoms with Crippen LogP contribution in [0.4, 0.5) is 9.59 Å². The predicted molar refractivity (Wildman–Crippen MR) is 215 cm³/mol. The van der Waals surface area contributed by atoms with E-state index in [9.17, 15) is 19.2 Å². The molecule has 1 aliphatic heterocycles. The van der Waals surface area contributed by atoms with Gasteiger partial charge in [0.05, 0.1) is 23.3 Å². The summed E-state index contributed by atoms with van der Waals surface area (Å²) < 4.78 is 16.7. The van der Waals surface area contributed by atoms with Gasteiger partial charge in [0.1, 0.15) is 11.2 Å². The molecule has 1 heterocycles. The van der Waals surface area contributed by atoms with Crippen LogP contribution in [-0.4, -0.2) is 71.4 Å². The molecule has 0 saturated carbocycles. The van der Waals surface area contributed by atoms with Gasteiger partial charge in [-0.3, -0.25) is 19.8 Å². The molecule has 2 unspecified atom stereocenters. The number of ether oxygens (including phenoxy) is 3. The van der Waals surface area contributed by atoms with Crippen molar-refractivity contribution in [2.24, 2.45) is 40.7 Å². The normalized spacial score (nSPS) is 17.8. The first-order valence-electron chi connectivity index (χ1n) is 20.0. The van der Waals surface area contributed by atoms with Crippen LogP contribution in [-0.2, 0) is 33.4 Å². The largest absolute Gasteiger partial charge is 0.443 e. The minimum Gasteiger partial charge on any atom is -0.443 e. The number of nitrogens with two attached hydrogens (primary N) is 2. The minimum absolute atomic E-state index is 0.0471. The van der Waals surface area contributed by atoms with Crippen LogP contribution in [0.2, 0.25) is 0 Å². The lowest BCUT2D eigenvalue weighted by molar-refractivity contribution is -0.204. The monoisotopic (exact) mass is 788 g/mol. The smallest absolute Gasteiger partial charge is 0.419 e. The van der Waals surface area contributed by atoms with E-state index in [-0.39, 0.29) is 44.1 Å². The van der Waals surface area contributed by atoms with E-state index in [4.69, 9.17) is 30.6 Å². The van der Waals surface area contributed by atoms with Crippen LogP contribution >= 0.6 is 0 Å². The van der Waals surface area contributed by atoms with Crippen molar-refractivity contribution in [1.29, 1.82) is 0 Å². The fraction of sp³-hybridized carbons (Fsp3) is 0.690. The van der Waals surface area contributed by atoms with Crippen LogP contribution in [0.15, 0.2) is 36.4 Å². The number of rotatable bonds is 19. The van der Waals surface area contributed by atoms with Gasteiger partial charge in [0.2, 0.25) is 11.8 Å². The fourth-order valence-electron chi connectivity index (χ4n) is 6.90. The number of amides is 4. The number of nitrogens with one attached hydrogen (secondary N) is 2. The highest BCUT2D eigenvalue weighted by atomic mass is 16.8. The second-order valence-electron chi connectivity index (χ2n) is 17.6. The van der Waals surface area contributed by atoms with Gasteiger partial charge < -0.3 is 19.9 Å². The molecule has 1 fully saturated rings. The van der Waals surface area contributed by atoms with Gasteiger partial charge in [0.15, 0.2) is 12.1 Å². The first kappa shape index (κ1) is 48.3. The van der Waals surface area contributed by atoms with Gasteiger partial charge in [-0.15, -0.1) is 0 Å². The van der Waals surface area contributed by atoms with Crippen LogP contribution in [0.3, 0.4) is 0 Å². The second kappa shape index (κ2) is 22.2. The Kier molecular flexibility index (Phi) is 19.1. The zero-order valence-electron chi connectivity index (χ0n) is 35.4. The number of benzene rings is 1. The van der Waals surface area contributed by atoms with Gasteiger partial charge in [0, 0.05) is 19.6 Å². The summed E-state index contributed by atoms with van der Waals surface area (Å²) in [5.41, 5.74) is 9.07. The molecule has 2 rings (SSSR count). The molecule has 1 saturated heterocycles. The van der Waals surface area contributed by atoms with E-state index in [1.54, 1.807) is 53.7 Å². The Labute approximate surface area is 334 Å². The summed E-state index contributed by atoms with van der Waals surface area (Å²) in [5.74, 6) is 1.50. The minimum atomic E-state index is -1.62. The van der Waals surface area contributed by atoms with Crippen molar-refractivity contribution >= 4 is 35.9 Å². The Morgan fingerprint density at radius 1 is 0.893 bits per heavy atom. The number of imide groups is 1. The molecule has 0 radical (unpaired) electrons. The number of hydrogen-bond acceptors (Lipinski definition) is 11. The van der Waals surface area contributed by atoms with Crippen molar-refractivity contribution in [3.8, 4) is 0 Å². The maximum Gasteiger partial charge on any atom is 0.419 e.